The van der Waals surface area contributed by atoms with Gasteiger partial charge >= 0.3 is 0 Å². The van der Waals surface area contributed by atoms with Crippen LogP contribution < -0.4 is 5.73 Å². The first-order chi connectivity index (χ1) is 8.06. The fraction of sp³-hybridized carbons (Fsp3) is 0.250. The molecule has 0 bridgehead atoms. The Morgan fingerprint density at radius 3 is 1.94 bits per heavy atom. The van der Waals surface area contributed by atoms with Crippen LogP contribution in [0.3, 0.4) is 0 Å². The summed E-state index contributed by atoms with van der Waals surface area (Å²) in [7, 11) is 0. The van der Waals surface area contributed by atoms with Gasteiger partial charge in [0.2, 0.25) is 0 Å². The topological polar surface area (TPSA) is 26.0 Å². The molecule has 0 spiro atoms. The number of hydrogen-bond acceptors (Lipinski definition) is 1. The molecule has 0 atom stereocenters. The van der Waals surface area contributed by atoms with Crippen molar-refractivity contribution in [2.45, 2.75) is 27.2 Å². The molecular formula is C16H19N. The van der Waals surface area contributed by atoms with Gasteiger partial charge in [-0.1, -0.05) is 29.8 Å². The molecule has 2 aromatic rings. The third kappa shape index (κ3) is 2.68. The first-order valence-corrected chi connectivity index (χ1v) is 5.97. The summed E-state index contributed by atoms with van der Waals surface area (Å²) >= 11 is 0. The monoisotopic (exact) mass is 225 g/mol. The lowest BCUT2D eigenvalue weighted by molar-refractivity contribution is 1.11. The quantitative estimate of drug-likeness (QED) is 0.773. The predicted molar refractivity (Wildman–Crippen MR) is 74.3 cm³/mol. The van der Waals surface area contributed by atoms with Crippen molar-refractivity contribution < 1.29 is 0 Å². The van der Waals surface area contributed by atoms with E-state index in [1.165, 1.54) is 27.8 Å². The zero-order valence-electron chi connectivity index (χ0n) is 10.7. The number of aryl methyl sites for hydroxylation is 3. The molecule has 0 aliphatic carbocycles. The van der Waals surface area contributed by atoms with Gasteiger partial charge in [-0.15, -0.1) is 0 Å². The molecule has 0 radical (unpaired) electrons. The highest BCUT2D eigenvalue weighted by Gasteiger charge is 2.04. The molecule has 0 aliphatic heterocycles. The highest BCUT2D eigenvalue weighted by molar-refractivity contribution is 5.44. The molecule has 2 N–H and O–H groups in total. The third-order valence-electron chi connectivity index (χ3n) is 3.20. The minimum Gasteiger partial charge on any atom is -0.399 e. The van der Waals surface area contributed by atoms with Gasteiger partial charge in [0, 0.05) is 5.69 Å². The molecular weight excluding hydrogens is 206 g/mol. The number of hydrogen-bond donors (Lipinski definition) is 1. The Morgan fingerprint density at radius 1 is 0.882 bits per heavy atom. The van der Waals surface area contributed by atoms with Crippen LogP contribution in [0.15, 0.2) is 36.4 Å². The summed E-state index contributed by atoms with van der Waals surface area (Å²) in [6.07, 6.45) is 0.984. The summed E-state index contributed by atoms with van der Waals surface area (Å²) in [5.74, 6) is 0. The molecule has 0 saturated carbocycles. The summed E-state index contributed by atoms with van der Waals surface area (Å²) in [5, 5.41) is 0. The van der Waals surface area contributed by atoms with E-state index in [9.17, 15) is 0 Å². The van der Waals surface area contributed by atoms with Crippen LogP contribution in [-0.4, -0.2) is 0 Å². The van der Waals surface area contributed by atoms with E-state index < -0.39 is 0 Å². The lowest BCUT2D eigenvalue weighted by Crippen LogP contribution is -1.97. The van der Waals surface area contributed by atoms with Crippen molar-refractivity contribution in [3.05, 3.63) is 64.2 Å². The van der Waals surface area contributed by atoms with Crippen molar-refractivity contribution in [2.24, 2.45) is 0 Å². The second-order valence-corrected chi connectivity index (χ2v) is 4.80. The number of benzene rings is 2. The first-order valence-electron chi connectivity index (χ1n) is 5.97. The molecule has 2 rings (SSSR count). The number of nitrogens with two attached hydrogens (primary N) is 1. The van der Waals surface area contributed by atoms with Crippen LogP contribution in [0.1, 0.15) is 27.8 Å². The smallest absolute Gasteiger partial charge is 0.0314 e. The molecule has 0 saturated heterocycles. The second-order valence-electron chi connectivity index (χ2n) is 4.80. The standard InChI is InChI=1S/C16H19N/c1-11-8-12(2)16(13(3)9-11)10-14-4-6-15(17)7-5-14/h4-9H,10,17H2,1-3H3. The predicted octanol–water partition coefficient (Wildman–Crippen LogP) is 3.78. The van der Waals surface area contributed by atoms with E-state index in [1.807, 2.05) is 12.1 Å². The Bertz CT molecular complexity index is 501. The lowest BCUT2D eigenvalue weighted by Gasteiger charge is -2.11. The summed E-state index contributed by atoms with van der Waals surface area (Å²) < 4.78 is 0. The van der Waals surface area contributed by atoms with E-state index in [2.05, 4.69) is 45.0 Å². The molecule has 0 fully saturated rings. The van der Waals surface area contributed by atoms with Crippen LogP contribution in [-0.2, 0) is 6.42 Å². The van der Waals surface area contributed by atoms with E-state index in [1.54, 1.807) is 0 Å². The summed E-state index contributed by atoms with van der Waals surface area (Å²) in [6, 6.07) is 12.6. The van der Waals surface area contributed by atoms with Gasteiger partial charge in [-0.25, -0.2) is 0 Å². The summed E-state index contributed by atoms with van der Waals surface area (Å²) in [6.45, 7) is 6.52. The van der Waals surface area contributed by atoms with Crippen LogP contribution in [0.5, 0.6) is 0 Å². The molecule has 17 heavy (non-hydrogen) atoms. The maximum atomic E-state index is 5.70. The van der Waals surface area contributed by atoms with Crippen molar-refractivity contribution in [1.82, 2.24) is 0 Å². The molecule has 0 amide bonds. The maximum absolute atomic E-state index is 5.70. The van der Waals surface area contributed by atoms with Crippen molar-refractivity contribution in [2.75, 3.05) is 5.73 Å². The average molecular weight is 225 g/mol. The zero-order valence-corrected chi connectivity index (χ0v) is 10.7. The summed E-state index contributed by atoms with van der Waals surface area (Å²) in [5.41, 5.74) is 13.4. The molecule has 0 aliphatic rings. The van der Waals surface area contributed by atoms with Gasteiger partial charge in [-0.2, -0.15) is 0 Å². The van der Waals surface area contributed by atoms with Crippen LogP contribution in [0.2, 0.25) is 0 Å². The molecule has 0 heterocycles. The van der Waals surface area contributed by atoms with E-state index in [0.29, 0.717) is 0 Å². The molecule has 0 unspecified atom stereocenters. The fourth-order valence-electron chi connectivity index (χ4n) is 2.33. The molecule has 0 aromatic heterocycles. The molecule has 1 nitrogen and oxygen atoms in total. The summed E-state index contributed by atoms with van der Waals surface area (Å²) in [4.78, 5) is 0. The first kappa shape index (κ1) is 11.7. The normalized spacial score (nSPS) is 10.5. The Hall–Kier alpha value is -1.76. The third-order valence-corrected chi connectivity index (χ3v) is 3.20. The Labute approximate surface area is 103 Å². The van der Waals surface area contributed by atoms with Crippen LogP contribution in [0.4, 0.5) is 5.69 Å². The molecule has 1 heteroatoms. The van der Waals surface area contributed by atoms with Gasteiger partial charge in [-0.3, -0.25) is 0 Å². The average Bonchev–Trinajstić information content (AvgIpc) is 2.26. The van der Waals surface area contributed by atoms with Gasteiger partial charge in [0.15, 0.2) is 0 Å². The highest BCUT2D eigenvalue weighted by Crippen LogP contribution is 2.20. The number of rotatable bonds is 2. The minimum absolute atomic E-state index is 0.825. The van der Waals surface area contributed by atoms with Gasteiger partial charge in [-0.05, 0) is 61.6 Å². The zero-order chi connectivity index (χ0) is 12.4. The van der Waals surface area contributed by atoms with E-state index in [4.69, 9.17) is 5.73 Å². The SMILES string of the molecule is Cc1cc(C)c(Cc2ccc(N)cc2)c(C)c1. The molecule has 2 aromatic carbocycles. The van der Waals surface area contributed by atoms with Gasteiger partial charge in [0.05, 0.1) is 0 Å². The van der Waals surface area contributed by atoms with Gasteiger partial charge in [0.25, 0.3) is 0 Å². The number of anilines is 1. The Kier molecular flexibility index (Phi) is 3.19. The van der Waals surface area contributed by atoms with E-state index in [0.717, 1.165) is 12.1 Å². The van der Waals surface area contributed by atoms with Crippen LogP contribution in [0.25, 0.3) is 0 Å². The second kappa shape index (κ2) is 4.62. The van der Waals surface area contributed by atoms with Gasteiger partial charge < -0.3 is 5.73 Å². The van der Waals surface area contributed by atoms with E-state index >= 15 is 0 Å². The van der Waals surface area contributed by atoms with E-state index in [-0.39, 0.29) is 0 Å². The Morgan fingerprint density at radius 2 is 1.41 bits per heavy atom. The van der Waals surface area contributed by atoms with Gasteiger partial charge in [0.1, 0.15) is 0 Å². The van der Waals surface area contributed by atoms with Crippen molar-refractivity contribution in [1.29, 1.82) is 0 Å². The highest BCUT2D eigenvalue weighted by atomic mass is 14.5. The number of nitrogen functional groups attached to an aromatic ring is 1. The fourth-order valence-corrected chi connectivity index (χ4v) is 2.33. The van der Waals surface area contributed by atoms with Crippen molar-refractivity contribution in [3.8, 4) is 0 Å². The largest absolute Gasteiger partial charge is 0.399 e. The van der Waals surface area contributed by atoms with Crippen LogP contribution in [0, 0.1) is 20.8 Å². The molecule has 88 valence electrons. The Balaban J connectivity index is 2.33. The minimum atomic E-state index is 0.825. The van der Waals surface area contributed by atoms with Crippen molar-refractivity contribution >= 4 is 5.69 Å². The van der Waals surface area contributed by atoms with Crippen LogP contribution >= 0.6 is 0 Å². The van der Waals surface area contributed by atoms with Crippen molar-refractivity contribution in [3.63, 3.8) is 0 Å². The lowest BCUT2D eigenvalue weighted by atomic mass is 9.94. The maximum Gasteiger partial charge on any atom is 0.0314 e.